The standard InChI is InChI=1S/C16H17ClFN3O/c1-10-2-3-12(19)9-13(10)11-4-5-20-14(8-11)21-6-7-22-15(17)16(21)18/h2-5,8-9,15-16H,6-7,19H2,1H3. The van der Waals surface area contributed by atoms with Crippen LogP contribution in [0.25, 0.3) is 11.1 Å². The lowest BCUT2D eigenvalue weighted by molar-refractivity contribution is 0.0206. The Morgan fingerprint density at radius 1 is 1.36 bits per heavy atom. The van der Waals surface area contributed by atoms with E-state index in [0.29, 0.717) is 24.7 Å². The van der Waals surface area contributed by atoms with Gasteiger partial charge in [0.25, 0.3) is 0 Å². The molecule has 0 spiro atoms. The van der Waals surface area contributed by atoms with E-state index in [0.717, 1.165) is 16.7 Å². The molecule has 0 saturated carbocycles. The molecule has 4 nitrogen and oxygen atoms in total. The Morgan fingerprint density at radius 3 is 3.00 bits per heavy atom. The van der Waals surface area contributed by atoms with E-state index in [1.54, 1.807) is 6.20 Å². The number of rotatable bonds is 2. The summed E-state index contributed by atoms with van der Waals surface area (Å²) in [5.74, 6) is 0.542. The van der Waals surface area contributed by atoms with E-state index in [1.807, 2.05) is 37.3 Å². The Balaban J connectivity index is 1.97. The zero-order chi connectivity index (χ0) is 15.7. The second-order valence-electron chi connectivity index (χ2n) is 5.27. The van der Waals surface area contributed by atoms with E-state index < -0.39 is 11.9 Å². The van der Waals surface area contributed by atoms with Crippen molar-refractivity contribution in [1.82, 2.24) is 4.98 Å². The molecule has 22 heavy (non-hydrogen) atoms. The molecule has 1 saturated heterocycles. The summed E-state index contributed by atoms with van der Waals surface area (Å²) in [6, 6.07) is 9.47. The summed E-state index contributed by atoms with van der Waals surface area (Å²) < 4.78 is 19.3. The van der Waals surface area contributed by atoms with Crippen molar-refractivity contribution in [3.05, 3.63) is 42.1 Å². The summed E-state index contributed by atoms with van der Waals surface area (Å²) in [5, 5.41) is 0. The molecule has 2 N–H and O–H groups in total. The Bertz CT molecular complexity index is 682. The molecule has 2 aromatic rings. The first-order valence-electron chi connectivity index (χ1n) is 7.05. The number of morpholine rings is 1. The smallest absolute Gasteiger partial charge is 0.214 e. The number of benzene rings is 1. The molecule has 3 rings (SSSR count). The Morgan fingerprint density at radius 2 is 2.18 bits per heavy atom. The van der Waals surface area contributed by atoms with Crippen LogP contribution in [0.15, 0.2) is 36.5 Å². The number of hydrogen-bond acceptors (Lipinski definition) is 4. The van der Waals surface area contributed by atoms with Gasteiger partial charge in [0.15, 0.2) is 5.56 Å². The fraction of sp³-hybridized carbons (Fsp3) is 0.312. The first-order valence-corrected chi connectivity index (χ1v) is 7.49. The molecule has 0 radical (unpaired) electrons. The highest BCUT2D eigenvalue weighted by atomic mass is 35.5. The lowest BCUT2D eigenvalue weighted by atomic mass is 10.0. The Hall–Kier alpha value is -1.85. The highest BCUT2D eigenvalue weighted by Gasteiger charge is 2.31. The zero-order valence-corrected chi connectivity index (χ0v) is 12.9. The average Bonchev–Trinajstić information content (AvgIpc) is 2.52. The normalized spacial score (nSPS) is 21.9. The summed E-state index contributed by atoms with van der Waals surface area (Å²) in [4.78, 5) is 5.79. The average molecular weight is 322 g/mol. The van der Waals surface area contributed by atoms with E-state index in [9.17, 15) is 4.39 Å². The number of aromatic nitrogens is 1. The molecule has 1 aromatic carbocycles. The number of pyridine rings is 1. The third-order valence-corrected chi connectivity index (χ3v) is 4.07. The fourth-order valence-corrected chi connectivity index (χ4v) is 2.77. The Kier molecular flexibility index (Phi) is 4.18. The maximum atomic E-state index is 14.2. The van der Waals surface area contributed by atoms with Crippen molar-refractivity contribution >= 4 is 23.1 Å². The fourth-order valence-electron chi connectivity index (χ4n) is 2.54. The number of ether oxygens (including phenoxy) is 1. The lowest BCUT2D eigenvalue weighted by Gasteiger charge is -2.34. The van der Waals surface area contributed by atoms with Gasteiger partial charge < -0.3 is 15.4 Å². The van der Waals surface area contributed by atoms with E-state index in [2.05, 4.69) is 4.98 Å². The summed E-state index contributed by atoms with van der Waals surface area (Å²) >= 11 is 5.83. The molecule has 2 unspecified atom stereocenters. The predicted octanol–water partition coefficient (Wildman–Crippen LogP) is 3.34. The molecule has 116 valence electrons. The van der Waals surface area contributed by atoms with Crippen molar-refractivity contribution in [1.29, 1.82) is 0 Å². The number of nitrogen functional groups attached to an aromatic ring is 1. The van der Waals surface area contributed by atoms with Crippen LogP contribution in [-0.2, 0) is 4.74 Å². The number of aryl methyl sites for hydroxylation is 1. The number of hydrogen-bond donors (Lipinski definition) is 1. The summed E-state index contributed by atoms with van der Waals surface area (Å²) in [7, 11) is 0. The van der Waals surface area contributed by atoms with Crippen molar-refractivity contribution < 1.29 is 9.13 Å². The molecule has 1 aliphatic rings. The summed E-state index contributed by atoms with van der Waals surface area (Å²) in [6.45, 7) is 2.80. The van der Waals surface area contributed by atoms with Gasteiger partial charge in [-0.3, -0.25) is 0 Å². The van der Waals surface area contributed by atoms with Gasteiger partial charge in [0.2, 0.25) is 6.30 Å². The van der Waals surface area contributed by atoms with Crippen LogP contribution in [0.4, 0.5) is 15.9 Å². The molecule has 0 aliphatic carbocycles. The zero-order valence-electron chi connectivity index (χ0n) is 12.2. The molecule has 0 bridgehead atoms. The molecule has 1 aliphatic heterocycles. The van der Waals surface area contributed by atoms with Crippen molar-refractivity contribution in [2.24, 2.45) is 0 Å². The second kappa shape index (κ2) is 6.10. The molecular weight excluding hydrogens is 305 g/mol. The topological polar surface area (TPSA) is 51.4 Å². The van der Waals surface area contributed by atoms with Crippen LogP contribution in [0, 0.1) is 6.92 Å². The van der Waals surface area contributed by atoms with E-state index in [1.165, 1.54) is 4.90 Å². The van der Waals surface area contributed by atoms with Crippen LogP contribution in [0.3, 0.4) is 0 Å². The molecule has 0 amide bonds. The lowest BCUT2D eigenvalue weighted by Crippen LogP contribution is -2.47. The highest BCUT2D eigenvalue weighted by Crippen LogP contribution is 2.30. The largest absolute Gasteiger partial charge is 0.399 e. The summed E-state index contributed by atoms with van der Waals surface area (Å²) in [5.41, 5.74) is 8.63. The predicted molar refractivity (Wildman–Crippen MR) is 86.7 cm³/mol. The van der Waals surface area contributed by atoms with Gasteiger partial charge in [-0.2, -0.15) is 0 Å². The van der Waals surface area contributed by atoms with Crippen LogP contribution < -0.4 is 10.6 Å². The highest BCUT2D eigenvalue weighted by molar-refractivity contribution is 6.20. The van der Waals surface area contributed by atoms with Gasteiger partial charge in [0, 0.05) is 18.4 Å². The minimum absolute atomic E-state index is 0.373. The van der Waals surface area contributed by atoms with Crippen LogP contribution >= 0.6 is 11.6 Å². The SMILES string of the molecule is Cc1ccc(N)cc1-c1ccnc(N2CCOC(Cl)C2F)c1. The molecule has 2 heterocycles. The van der Waals surface area contributed by atoms with Gasteiger partial charge in [-0.05, 0) is 47.9 Å². The maximum absolute atomic E-state index is 14.2. The number of halogens is 2. The van der Waals surface area contributed by atoms with Gasteiger partial charge in [-0.1, -0.05) is 17.7 Å². The van der Waals surface area contributed by atoms with E-state index in [4.69, 9.17) is 22.1 Å². The maximum Gasteiger partial charge on any atom is 0.214 e. The van der Waals surface area contributed by atoms with Crippen LogP contribution in [0.2, 0.25) is 0 Å². The quantitative estimate of drug-likeness (QED) is 0.523. The van der Waals surface area contributed by atoms with Gasteiger partial charge in [-0.25, -0.2) is 9.37 Å². The van der Waals surface area contributed by atoms with Crippen LogP contribution in [0.5, 0.6) is 0 Å². The van der Waals surface area contributed by atoms with Crippen molar-refractivity contribution in [3.8, 4) is 11.1 Å². The molecule has 1 aromatic heterocycles. The van der Waals surface area contributed by atoms with Crippen molar-refractivity contribution in [2.75, 3.05) is 23.8 Å². The summed E-state index contributed by atoms with van der Waals surface area (Å²) in [6.07, 6.45) is 0.249. The number of alkyl halides is 2. The third-order valence-electron chi connectivity index (χ3n) is 3.74. The first kappa shape index (κ1) is 15.1. The van der Waals surface area contributed by atoms with Gasteiger partial charge in [-0.15, -0.1) is 0 Å². The minimum atomic E-state index is -1.42. The molecular formula is C16H17ClFN3O. The molecule has 2 atom stereocenters. The van der Waals surface area contributed by atoms with Gasteiger partial charge in [0.1, 0.15) is 5.82 Å². The monoisotopic (exact) mass is 321 g/mol. The number of nitrogens with zero attached hydrogens (tertiary/aromatic N) is 2. The van der Waals surface area contributed by atoms with Crippen molar-refractivity contribution in [2.45, 2.75) is 18.8 Å². The van der Waals surface area contributed by atoms with Gasteiger partial charge in [0.05, 0.1) is 6.61 Å². The van der Waals surface area contributed by atoms with Crippen molar-refractivity contribution in [3.63, 3.8) is 0 Å². The van der Waals surface area contributed by atoms with Crippen LogP contribution in [-0.4, -0.2) is 30.0 Å². The van der Waals surface area contributed by atoms with Gasteiger partial charge >= 0.3 is 0 Å². The van der Waals surface area contributed by atoms with E-state index >= 15 is 0 Å². The second-order valence-corrected chi connectivity index (χ2v) is 5.70. The number of nitrogens with two attached hydrogens (primary N) is 1. The third kappa shape index (κ3) is 2.87. The molecule has 1 fully saturated rings. The number of anilines is 2. The molecule has 6 heteroatoms. The Labute approximate surface area is 133 Å². The first-order chi connectivity index (χ1) is 10.6. The van der Waals surface area contributed by atoms with E-state index in [-0.39, 0.29) is 0 Å². The minimum Gasteiger partial charge on any atom is -0.399 e. The van der Waals surface area contributed by atoms with Crippen LogP contribution in [0.1, 0.15) is 5.56 Å².